The fraction of sp³-hybridized carbons (Fsp3) is 0.583. The van der Waals surface area contributed by atoms with Crippen molar-refractivity contribution >= 4 is 56.3 Å². The third-order valence-electron chi connectivity index (χ3n) is 9.50. The molecule has 5 atom stereocenters. The van der Waals surface area contributed by atoms with E-state index in [2.05, 4.69) is 21.6 Å². The Morgan fingerprint density at radius 3 is 2.37 bits per heavy atom. The zero-order valence-electron chi connectivity index (χ0n) is 30.8. The molecule has 2 aromatic rings. The molecule has 1 aliphatic heterocycles. The molecular weight excluding hydrogens is 714 g/mol. The summed E-state index contributed by atoms with van der Waals surface area (Å²) in [4.78, 5) is 63.6. The Bertz CT molecular complexity index is 1890. The number of alkyl carbamates (subject to hydrolysis) is 1. The van der Waals surface area contributed by atoms with E-state index in [1.54, 1.807) is 66.7 Å². The Morgan fingerprint density at radius 2 is 1.81 bits per heavy atom. The van der Waals surface area contributed by atoms with Crippen molar-refractivity contribution in [3.05, 3.63) is 42.1 Å². The maximum absolute atomic E-state index is 14.9. The van der Waals surface area contributed by atoms with Crippen molar-refractivity contribution in [3.63, 3.8) is 0 Å². The average molecular weight is 762 g/mol. The first-order valence-electron chi connectivity index (χ1n) is 17.2. The van der Waals surface area contributed by atoms with E-state index in [4.69, 9.17) is 25.8 Å². The van der Waals surface area contributed by atoms with Crippen LogP contribution in [0.4, 0.5) is 9.59 Å². The second-order valence-corrected chi connectivity index (χ2v) is 18.2. The Morgan fingerprint density at radius 1 is 1.13 bits per heavy atom. The van der Waals surface area contributed by atoms with Crippen molar-refractivity contribution in [1.29, 1.82) is 0 Å². The molecule has 2 aliphatic carbocycles. The van der Waals surface area contributed by atoms with Gasteiger partial charge in [0.15, 0.2) is 0 Å². The third kappa shape index (κ3) is 7.94. The molecule has 16 heteroatoms. The van der Waals surface area contributed by atoms with Crippen molar-refractivity contribution < 1.29 is 41.8 Å². The molecule has 284 valence electrons. The smallest absolute Gasteiger partial charge is 0.408 e. The van der Waals surface area contributed by atoms with Gasteiger partial charge < -0.3 is 24.4 Å². The number of hydrogen-bond acceptors (Lipinski definition) is 10. The fourth-order valence-electron chi connectivity index (χ4n) is 6.56. The van der Waals surface area contributed by atoms with Gasteiger partial charge in [0.25, 0.3) is 11.8 Å². The summed E-state index contributed by atoms with van der Waals surface area (Å²) in [7, 11) is -2.54. The number of benzene rings is 1. The number of fused-ring (bicyclic) bond motifs is 1. The minimum Gasteiger partial charge on any atom is -0.494 e. The first kappa shape index (κ1) is 39.1. The van der Waals surface area contributed by atoms with E-state index in [1.165, 1.54) is 24.3 Å². The summed E-state index contributed by atoms with van der Waals surface area (Å²) in [5, 5.41) is 3.66. The van der Waals surface area contributed by atoms with Crippen molar-refractivity contribution in [2.75, 3.05) is 13.7 Å². The van der Waals surface area contributed by atoms with Crippen LogP contribution in [0.1, 0.15) is 74.1 Å². The molecule has 2 heterocycles. The number of aromatic nitrogens is 1. The standard InChI is InChI=1S/C36H48ClN5O9S/c1-10-21-17-36(21,31(44)40-52(47,48)24-12-13-24)42(30(43)28(34(3,4)5)39-32(45)51-35(6,7)8)33(46)41-19-23(15-20(41)2)50-29-26-16-22(37)11-14-25(26)27(49-9)18-38-29/h10-11,14,16,18,20-21,23-24,28H,1,12-13,15,17,19H2,2-9H3,(H,39,45)(H,40,44)/t20?,21-,23-,28-,36-/m1/s1. The van der Waals surface area contributed by atoms with E-state index in [1.807, 2.05) is 0 Å². The number of amides is 5. The summed E-state index contributed by atoms with van der Waals surface area (Å²) >= 11 is 6.31. The molecule has 14 nitrogen and oxygen atoms in total. The molecule has 5 amide bonds. The third-order valence-corrected chi connectivity index (χ3v) is 11.6. The predicted octanol–water partition coefficient (Wildman–Crippen LogP) is 5.18. The molecule has 1 unspecified atom stereocenters. The van der Waals surface area contributed by atoms with Gasteiger partial charge in [0.1, 0.15) is 29.0 Å². The van der Waals surface area contributed by atoms with Gasteiger partial charge in [0.05, 0.1) is 25.1 Å². The Balaban J connectivity index is 1.51. The van der Waals surface area contributed by atoms with Gasteiger partial charge in [-0.3, -0.25) is 14.3 Å². The lowest BCUT2D eigenvalue weighted by Crippen LogP contribution is -2.65. The number of urea groups is 1. The lowest BCUT2D eigenvalue weighted by Gasteiger charge is -2.40. The number of rotatable bonds is 10. The molecule has 2 N–H and O–H groups in total. The van der Waals surface area contributed by atoms with Gasteiger partial charge in [0, 0.05) is 34.2 Å². The van der Waals surface area contributed by atoms with Gasteiger partial charge in [-0.05, 0) is 70.6 Å². The average Bonchev–Trinajstić information content (AvgIpc) is 3.96. The molecule has 0 spiro atoms. The predicted molar refractivity (Wildman–Crippen MR) is 194 cm³/mol. The molecule has 3 fully saturated rings. The molecule has 5 rings (SSSR count). The van der Waals surface area contributed by atoms with Gasteiger partial charge in [-0.15, -0.1) is 6.58 Å². The van der Waals surface area contributed by atoms with Crippen LogP contribution in [-0.4, -0.2) is 95.4 Å². The minimum atomic E-state index is -4.07. The summed E-state index contributed by atoms with van der Waals surface area (Å²) in [6.07, 6.45) is 2.52. The zero-order chi connectivity index (χ0) is 38.6. The molecule has 0 radical (unpaired) electrons. The number of likely N-dealkylation sites (tertiary alicyclic amines) is 1. The number of ether oxygens (including phenoxy) is 3. The number of halogens is 1. The molecular formula is C36H48ClN5O9S. The number of hydrogen-bond donors (Lipinski definition) is 2. The van der Waals surface area contributed by atoms with Crippen LogP contribution < -0.4 is 19.5 Å². The highest BCUT2D eigenvalue weighted by molar-refractivity contribution is 7.91. The largest absolute Gasteiger partial charge is 0.494 e. The Kier molecular flexibility index (Phi) is 10.6. The lowest BCUT2D eigenvalue weighted by atomic mass is 9.85. The number of sulfonamides is 1. The lowest BCUT2D eigenvalue weighted by molar-refractivity contribution is -0.142. The number of pyridine rings is 1. The van der Waals surface area contributed by atoms with E-state index in [0.717, 1.165) is 10.3 Å². The SMILES string of the molecule is C=C[C@@H]1C[C@@]1(C(=O)NS(=O)(=O)C1CC1)N(C(=O)[C@@H](NC(=O)OC(C)(C)C)C(C)(C)C)C(=O)N1C[C@H](Oc2ncc(OC)c3ccc(Cl)cc23)CC1C. The van der Waals surface area contributed by atoms with Gasteiger partial charge in [0.2, 0.25) is 15.9 Å². The van der Waals surface area contributed by atoms with E-state index in [0.29, 0.717) is 35.4 Å². The number of methoxy groups -OCH3 is 1. The van der Waals surface area contributed by atoms with Crippen LogP contribution in [0.25, 0.3) is 10.8 Å². The number of nitrogens with one attached hydrogen (secondary N) is 2. The van der Waals surface area contributed by atoms with Gasteiger partial charge in [-0.1, -0.05) is 38.4 Å². The Hall–Kier alpha value is -4.11. The molecule has 52 heavy (non-hydrogen) atoms. The number of imide groups is 1. The minimum absolute atomic E-state index is 0.00391. The van der Waals surface area contributed by atoms with Crippen molar-refractivity contribution in [3.8, 4) is 11.6 Å². The van der Waals surface area contributed by atoms with Crippen molar-refractivity contribution in [1.82, 2.24) is 24.8 Å². The maximum Gasteiger partial charge on any atom is 0.408 e. The summed E-state index contributed by atoms with van der Waals surface area (Å²) in [6.45, 7) is 15.7. The topological polar surface area (TPSA) is 174 Å². The second kappa shape index (κ2) is 14.0. The normalized spacial score (nSPS) is 23.7. The van der Waals surface area contributed by atoms with Gasteiger partial charge in [-0.2, -0.15) is 0 Å². The van der Waals surface area contributed by atoms with Crippen LogP contribution in [0, 0.1) is 11.3 Å². The molecule has 1 aromatic heterocycles. The van der Waals surface area contributed by atoms with E-state index < -0.39 is 79.9 Å². The van der Waals surface area contributed by atoms with E-state index in [-0.39, 0.29) is 18.8 Å². The molecule has 1 aromatic carbocycles. The van der Waals surface area contributed by atoms with Crippen LogP contribution in [0.5, 0.6) is 11.6 Å². The number of nitrogens with zero attached hydrogens (tertiary/aromatic N) is 3. The first-order valence-corrected chi connectivity index (χ1v) is 19.2. The van der Waals surface area contributed by atoms with Crippen LogP contribution >= 0.6 is 11.6 Å². The van der Waals surface area contributed by atoms with Crippen molar-refractivity contribution in [2.45, 2.75) is 109 Å². The first-order chi connectivity index (χ1) is 24.1. The van der Waals surface area contributed by atoms with Crippen LogP contribution in [-0.2, 0) is 24.3 Å². The van der Waals surface area contributed by atoms with Crippen LogP contribution in [0.2, 0.25) is 5.02 Å². The van der Waals surface area contributed by atoms with Crippen LogP contribution in [0.15, 0.2) is 37.1 Å². The Labute approximate surface area is 309 Å². The zero-order valence-corrected chi connectivity index (χ0v) is 32.4. The highest BCUT2D eigenvalue weighted by atomic mass is 35.5. The molecule has 3 aliphatic rings. The summed E-state index contributed by atoms with van der Waals surface area (Å²) in [5.41, 5.74) is -3.82. The van der Waals surface area contributed by atoms with E-state index in [9.17, 15) is 27.6 Å². The van der Waals surface area contributed by atoms with Crippen LogP contribution in [0.3, 0.4) is 0 Å². The molecule has 2 saturated carbocycles. The highest BCUT2D eigenvalue weighted by Gasteiger charge is 2.68. The van der Waals surface area contributed by atoms with Gasteiger partial charge >= 0.3 is 12.1 Å². The maximum atomic E-state index is 14.9. The second-order valence-electron chi connectivity index (χ2n) is 15.8. The number of carbonyl (C=O) groups is 4. The summed E-state index contributed by atoms with van der Waals surface area (Å²) < 4.78 is 45.5. The van der Waals surface area contributed by atoms with Crippen molar-refractivity contribution in [2.24, 2.45) is 11.3 Å². The summed E-state index contributed by atoms with van der Waals surface area (Å²) in [5.74, 6) is -1.89. The van der Waals surface area contributed by atoms with Gasteiger partial charge in [-0.25, -0.2) is 27.9 Å². The fourth-order valence-corrected chi connectivity index (χ4v) is 8.09. The van der Waals surface area contributed by atoms with E-state index >= 15 is 0 Å². The highest BCUT2D eigenvalue weighted by Crippen LogP contribution is 2.51. The molecule has 0 bridgehead atoms. The summed E-state index contributed by atoms with van der Waals surface area (Å²) in [6, 6.07) is 2.50. The quantitative estimate of drug-likeness (QED) is 0.307. The monoisotopic (exact) mass is 761 g/mol. The molecule has 1 saturated heterocycles. The number of carbonyl (C=O) groups excluding carboxylic acids is 4.